The van der Waals surface area contributed by atoms with Gasteiger partial charge in [0.15, 0.2) is 6.10 Å². The first-order chi connectivity index (χ1) is 20.9. The van der Waals surface area contributed by atoms with Gasteiger partial charge in [0.2, 0.25) is 5.91 Å². The summed E-state index contributed by atoms with van der Waals surface area (Å²) in [7, 11) is 3.05. The monoisotopic (exact) mass is 613 g/mol. The van der Waals surface area contributed by atoms with E-state index in [0.717, 1.165) is 5.56 Å². The van der Waals surface area contributed by atoms with Gasteiger partial charge in [-0.25, -0.2) is 4.79 Å². The number of carbonyl (C=O) groups is 4. The predicted octanol–water partition coefficient (Wildman–Crippen LogP) is 2.63. The standard InChI is InChI=1S/C32H47N5O7/c1-8-26(28(38)31(41)33-18-22-14-24(43-6)16-25(15-22)44-7)36-30(40)27(13-19(2)3)37-32(42)34-17-21-9-11-23(12-10-21)29(39)35-20(4)5/h9-12,14-16,19-20,26-28,38H,8,13,17-18H2,1-7H3,(H,33,41)(H,35,39)(H,36,40)(H2,34,37,42). The zero-order valence-electron chi connectivity index (χ0n) is 26.7. The normalized spacial score (nSPS) is 13.0. The summed E-state index contributed by atoms with van der Waals surface area (Å²) in [4.78, 5) is 50.9. The van der Waals surface area contributed by atoms with Gasteiger partial charge in [-0.3, -0.25) is 14.4 Å². The SMILES string of the molecule is CCC(NC(=O)C(CC(C)C)NC(=O)NCc1ccc(C(=O)NC(C)C)cc1)C(O)C(=O)NCc1cc(OC)cc(OC)c1. The maximum Gasteiger partial charge on any atom is 0.315 e. The van der Waals surface area contributed by atoms with Crippen LogP contribution in [-0.2, 0) is 22.7 Å². The van der Waals surface area contributed by atoms with E-state index >= 15 is 0 Å². The van der Waals surface area contributed by atoms with Gasteiger partial charge in [-0.05, 0) is 68.0 Å². The van der Waals surface area contributed by atoms with Crippen LogP contribution in [0.3, 0.4) is 0 Å². The molecule has 2 aromatic rings. The molecule has 0 saturated heterocycles. The number of hydrogen-bond donors (Lipinski definition) is 6. The maximum absolute atomic E-state index is 13.2. The van der Waals surface area contributed by atoms with Gasteiger partial charge in [-0.2, -0.15) is 0 Å². The third kappa shape index (κ3) is 11.8. The van der Waals surface area contributed by atoms with Gasteiger partial charge in [-0.15, -0.1) is 0 Å². The minimum absolute atomic E-state index is 0.0197. The van der Waals surface area contributed by atoms with E-state index in [0.29, 0.717) is 29.0 Å². The zero-order chi connectivity index (χ0) is 32.8. The number of methoxy groups -OCH3 is 2. The molecule has 0 heterocycles. The molecule has 12 heteroatoms. The van der Waals surface area contributed by atoms with Crippen molar-refractivity contribution in [3.63, 3.8) is 0 Å². The number of hydrogen-bond acceptors (Lipinski definition) is 7. The van der Waals surface area contributed by atoms with Crippen molar-refractivity contribution >= 4 is 23.8 Å². The maximum atomic E-state index is 13.2. The van der Waals surface area contributed by atoms with Crippen molar-refractivity contribution in [3.8, 4) is 11.5 Å². The Kier molecular flexibility index (Phi) is 14.4. The fraction of sp³-hybridized carbons (Fsp3) is 0.500. The van der Waals surface area contributed by atoms with Crippen LogP contribution in [0.4, 0.5) is 4.79 Å². The number of aliphatic hydroxyl groups excluding tert-OH is 1. The molecule has 5 amide bonds. The Hall–Kier alpha value is -4.32. The lowest BCUT2D eigenvalue weighted by atomic mass is 10.0. The highest BCUT2D eigenvalue weighted by atomic mass is 16.5. The number of ether oxygens (including phenoxy) is 2. The summed E-state index contributed by atoms with van der Waals surface area (Å²) < 4.78 is 10.5. The quantitative estimate of drug-likeness (QED) is 0.169. The molecule has 44 heavy (non-hydrogen) atoms. The average molecular weight is 614 g/mol. The van der Waals surface area contributed by atoms with Crippen LogP contribution in [0, 0.1) is 5.92 Å². The second-order valence-electron chi connectivity index (χ2n) is 11.2. The summed E-state index contributed by atoms with van der Waals surface area (Å²) in [5.74, 6) is -0.147. The van der Waals surface area contributed by atoms with Crippen molar-refractivity contribution < 1.29 is 33.8 Å². The molecule has 6 N–H and O–H groups in total. The third-order valence-corrected chi connectivity index (χ3v) is 6.71. The highest BCUT2D eigenvalue weighted by molar-refractivity contribution is 5.94. The van der Waals surface area contributed by atoms with Crippen molar-refractivity contribution in [1.29, 1.82) is 0 Å². The van der Waals surface area contributed by atoms with Crippen molar-refractivity contribution in [3.05, 3.63) is 59.2 Å². The molecule has 3 atom stereocenters. The molecular formula is C32H47N5O7. The average Bonchev–Trinajstić information content (AvgIpc) is 3.00. The number of carbonyl (C=O) groups excluding carboxylic acids is 4. The number of aliphatic hydroxyl groups is 1. The summed E-state index contributed by atoms with van der Waals surface area (Å²) in [5.41, 5.74) is 2.00. The Bertz CT molecular complexity index is 1230. The van der Waals surface area contributed by atoms with E-state index in [9.17, 15) is 24.3 Å². The van der Waals surface area contributed by atoms with Crippen molar-refractivity contribution in [2.75, 3.05) is 14.2 Å². The highest BCUT2D eigenvalue weighted by Gasteiger charge is 2.30. The number of urea groups is 1. The Morgan fingerprint density at radius 3 is 1.89 bits per heavy atom. The molecule has 0 aliphatic rings. The topological polar surface area (TPSA) is 167 Å². The molecule has 0 radical (unpaired) electrons. The Labute approximate surface area is 259 Å². The minimum Gasteiger partial charge on any atom is -0.497 e. The summed E-state index contributed by atoms with van der Waals surface area (Å²) >= 11 is 0. The van der Waals surface area contributed by atoms with Crippen LogP contribution in [0.25, 0.3) is 0 Å². The predicted molar refractivity (Wildman–Crippen MR) is 167 cm³/mol. The van der Waals surface area contributed by atoms with Crippen molar-refractivity contribution in [2.45, 2.75) is 84.8 Å². The molecular weight excluding hydrogens is 566 g/mol. The Balaban J connectivity index is 1.96. The van der Waals surface area contributed by atoms with Crippen molar-refractivity contribution in [1.82, 2.24) is 26.6 Å². The van der Waals surface area contributed by atoms with E-state index in [4.69, 9.17) is 9.47 Å². The van der Waals surface area contributed by atoms with Gasteiger partial charge in [0, 0.05) is 30.8 Å². The van der Waals surface area contributed by atoms with E-state index in [2.05, 4.69) is 26.6 Å². The molecule has 2 aromatic carbocycles. The molecule has 0 aliphatic heterocycles. The molecule has 0 aliphatic carbocycles. The van der Waals surface area contributed by atoms with E-state index in [1.54, 1.807) is 49.4 Å². The van der Waals surface area contributed by atoms with Crippen LogP contribution < -0.4 is 36.1 Å². The molecule has 2 rings (SSSR count). The van der Waals surface area contributed by atoms with Gasteiger partial charge >= 0.3 is 6.03 Å². The number of rotatable bonds is 16. The van der Waals surface area contributed by atoms with Crippen LogP contribution >= 0.6 is 0 Å². The van der Waals surface area contributed by atoms with Gasteiger partial charge in [0.25, 0.3) is 11.8 Å². The first-order valence-corrected chi connectivity index (χ1v) is 14.8. The molecule has 0 fully saturated rings. The lowest BCUT2D eigenvalue weighted by Gasteiger charge is -2.26. The minimum atomic E-state index is -1.52. The van der Waals surface area contributed by atoms with Crippen LogP contribution in [-0.4, -0.2) is 67.3 Å². The molecule has 12 nitrogen and oxygen atoms in total. The number of amides is 5. The summed E-state index contributed by atoms with van der Waals surface area (Å²) in [6.07, 6.45) is -0.899. The fourth-order valence-electron chi connectivity index (χ4n) is 4.35. The van der Waals surface area contributed by atoms with Crippen LogP contribution in [0.5, 0.6) is 11.5 Å². The second kappa shape index (κ2) is 17.7. The largest absolute Gasteiger partial charge is 0.497 e. The lowest BCUT2D eigenvalue weighted by Crippen LogP contribution is -2.56. The Morgan fingerprint density at radius 2 is 1.36 bits per heavy atom. The van der Waals surface area contributed by atoms with Gasteiger partial charge < -0.3 is 41.2 Å². The lowest BCUT2D eigenvalue weighted by molar-refractivity contribution is -0.132. The van der Waals surface area contributed by atoms with E-state index in [1.165, 1.54) is 14.2 Å². The van der Waals surface area contributed by atoms with Crippen LogP contribution in [0.15, 0.2) is 42.5 Å². The molecule has 3 unspecified atom stereocenters. The zero-order valence-corrected chi connectivity index (χ0v) is 26.7. The summed E-state index contributed by atoms with van der Waals surface area (Å²) in [5, 5.41) is 24.4. The molecule has 0 bridgehead atoms. The molecule has 0 saturated carbocycles. The Morgan fingerprint density at radius 1 is 0.773 bits per heavy atom. The van der Waals surface area contributed by atoms with Gasteiger partial charge in [0.05, 0.1) is 20.3 Å². The highest BCUT2D eigenvalue weighted by Crippen LogP contribution is 2.22. The number of nitrogens with one attached hydrogen (secondary N) is 5. The smallest absolute Gasteiger partial charge is 0.315 e. The number of benzene rings is 2. The fourth-order valence-corrected chi connectivity index (χ4v) is 4.35. The molecule has 0 spiro atoms. The first-order valence-electron chi connectivity index (χ1n) is 14.8. The van der Waals surface area contributed by atoms with E-state index in [1.807, 2.05) is 27.7 Å². The second-order valence-corrected chi connectivity index (χ2v) is 11.2. The van der Waals surface area contributed by atoms with E-state index < -0.39 is 36.0 Å². The van der Waals surface area contributed by atoms with Crippen molar-refractivity contribution in [2.24, 2.45) is 5.92 Å². The third-order valence-electron chi connectivity index (χ3n) is 6.71. The summed E-state index contributed by atoms with van der Waals surface area (Å²) in [6, 6.07) is 9.73. The molecule has 0 aromatic heterocycles. The van der Waals surface area contributed by atoms with Gasteiger partial charge in [0.1, 0.15) is 17.5 Å². The molecule has 242 valence electrons. The van der Waals surface area contributed by atoms with E-state index in [-0.39, 0.29) is 37.4 Å². The first kappa shape index (κ1) is 35.9. The van der Waals surface area contributed by atoms with Gasteiger partial charge in [-0.1, -0.05) is 32.9 Å². The summed E-state index contributed by atoms with van der Waals surface area (Å²) in [6.45, 7) is 9.64. The van der Waals surface area contributed by atoms with Crippen LogP contribution in [0.1, 0.15) is 68.9 Å². The van der Waals surface area contributed by atoms with Crippen LogP contribution in [0.2, 0.25) is 0 Å².